The molecule has 5 atom stereocenters. The second kappa shape index (κ2) is 16.3. The highest BCUT2D eigenvalue weighted by molar-refractivity contribution is 5.68. The third-order valence-corrected chi connectivity index (χ3v) is 6.59. The van der Waals surface area contributed by atoms with Crippen LogP contribution < -0.4 is 14.2 Å². The van der Waals surface area contributed by atoms with Crippen LogP contribution in [0.3, 0.4) is 0 Å². The zero-order valence-corrected chi connectivity index (χ0v) is 25.9. The second-order valence-corrected chi connectivity index (χ2v) is 10.3. The van der Waals surface area contributed by atoms with Crippen LogP contribution >= 0.6 is 0 Å². The highest BCUT2D eigenvalue weighted by atomic mass is 16.7. The molecule has 1 aliphatic heterocycles. The summed E-state index contributed by atoms with van der Waals surface area (Å²) in [5.74, 6) is -1.94. The highest BCUT2D eigenvalue weighted by Gasteiger charge is 2.53. The van der Waals surface area contributed by atoms with Crippen LogP contribution in [-0.4, -0.2) is 61.2 Å². The molecule has 244 valence electrons. The fraction of sp³-hybridized carbons (Fsp3) is 0.353. The van der Waals surface area contributed by atoms with Crippen molar-refractivity contribution in [3.05, 3.63) is 90.0 Å². The summed E-state index contributed by atoms with van der Waals surface area (Å²) in [6.07, 6.45) is -6.71. The molecular formula is C34H36O12. The minimum Gasteiger partial charge on any atom is -0.489 e. The van der Waals surface area contributed by atoms with Crippen LogP contribution in [0.15, 0.2) is 78.9 Å². The number of ether oxygens (including phenoxy) is 8. The third kappa shape index (κ3) is 9.96. The van der Waals surface area contributed by atoms with Gasteiger partial charge >= 0.3 is 23.9 Å². The Balaban J connectivity index is 1.68. The summed E-state index contributed by atoms with van der Waals surface area (Å²) in [6.45, 7) is 4.74. The van der Waals surface area contributed by atoms with E-state index in [0.29, 0.717) is 12.4 Å². The minimum atomic E-state index is -1.43. The van der Waals surface area contributed by atoms with Crippen molar-refractivity contribution in [3.8, 4) is 17.2 Å². The molecule has 0 aromatic heterocycles. The lowest BCUT2D eigenvalue weighted by molar-refractivity contribution is -0.288. The lowest BCUT2D eigenvalue weighted by Crippen LogP contribution is -2.63. The normalized spacial score (nSPS) is 20.5. The van der Waals surface area contributed by atoms with E-state index in [1.807, 2.05) is 60.7 Å². The van der Waals surface area contributed by atoms with Crippen LogP contribution in [-0.2, 0) is 56.1 Å². The van der Waals surface area contributed by atoms with Gasteiger partial charge in [-0.3, -0.25) is 19.2 Å². The Bertz CT molecular complexity index is 1480. The molecule has 0 aliphatic carbocycles. The Labute approximate surface area is 266 Å². The summed E-state index contributed by atoms with van der Waals surface area (Å²) in [7, 11) is 0. The maximum absolute atomic E-state index is 12.2. The molecule has 0 spiro atoms. The Morgan fingerprint density at radius 1 is 0.609 bits per heavy atom. The second-order valence-electron chi connectivity index (χ2n) is 10.3. The number of carbonyl (C=O) groups is 4. The van der Waals surface area contributed by atoms with Crippen molar-refractivity contribution in [3.63, 3.8) is 0 Å². The van der Waals surface area contributed by atoms with Crippen molar-refractivity contribution in [2.24, 2.45) is 0 Å². The van der Waals surface area contributed by atoms with Gasteiger partial charge in [0.1, 0.15) is 31.7 Å². The summed E-state index contributed by atoms with van der Waals surface area (Å²) in [5, 5.41) is 0. The predicted octanol–water partition coefficient (Wildman–Crippen LogP) is 4.31. The number of benzene rings is 3. The van der Waals surface area contributed by atoms with Crippen LogP contribution in [0.1, 0.15) is 38.8 Å². The standard InChI is InChI=1S/C34H36O12/c1-21(35)39-20-30-31(42-22(2)36)32(43-23(3)37)33(44-24(4)38)34(46-30)45-28-16-15-27(40-18-25-11-7-5-8-12-25)17-29(28)41-19-26-13-9-6-10-14-26/h5-17,30-34H,18-20H2,1-4H3/t30-,31-,32+,33-,34-/m1/s1. The summed E-state index contributed by atoms with van der Waals surface area (Å²) in [6, 6.07) is 24.0. The zero-order chi connectivity index (χ0) is 33.1. The summed E-state index contributed by atoms with van der Waals surface area (Å²) in [5.41, 5.74) is 1.85. The molecule has 0 N–H and O–H groups in total. The molecule has 1 aliphatic rings. The quantitative estimate of drug-likeness (QED) is 0.195. The Morgan fingerprint density at radius 3 is 1.72 bits per heavy atom. The molecule has 12 nitrogen and oxygen atoms in total. The maximum Gasteiger partial charge on any atom is 0.303 e. The van der Waals surface area contributed by atoms with E-state index in [0.717, 1.165) is 31.9 Å². The first-order valence-corrected chi connectivity index (χ1v) is 14.5. The van der Waals surface area contributed by atoms with Gasteiger partial charge in [0.2, 0.25) is 12.4 Å². The number of hydrogen-bond acceptors (Lipinski definition) is 12. The molecule has 3 aromatic carbocycles. The lowest BCUT2D eigenvalue weighted by atomic mass is 9.98. The molecule has 0 amide bonds. The Kier molecular flexibility index (Phi) is 12.0. The molecule has 0 radical (unpaired) electrons. The maximum atomic E-state index is 12.2. The van der Waals surface area contributed by atoms with Crippen molar-refractivity contribution < 1.29 is 57.1 Å². The lowest BCUT2D eigenvalue weighted by Gasteiger charge is -2.44. The molecule has 1 fully saturated rings. The molecule has 0 saturated carbocycles. The van der Waals surface area contributed by atoms with E-state index in [9.17, 15) is 19.2 Å². The van der Waals surface area contributed by atoms with Crippen molar-refractivity contribution in [2.45, 2.75) is 71.6 Å². The fourth-order valence-electron chi connectivity index (χ4n) is 4.67. The first-order valence-electron chi connectivity index (χ1n) is 14.5. The first-order chi connectivity index (χ1) is 22.1. The van der Waals surface area contributed by atoms with Gasteiger partial charge in [-0.2, -0.15) is 0 Å². The van der Waals surface area contributed by atoms with Gasteiger partial charge in [0.15, 0.2) is 23.7 Å². The predicted molar refractivity (Wildman–Crippen MR) is 161 cm³/mol. The van der Waals surface area contributed by atoms with Crippen LogP contribution in [0, 0.1) is 0 Å². The number of hydrogen-bond donors (Lipinski definition) is 0. The molecule has 0 unspecified atom stereocenters. The van der Waals surface area contributed by atoms with Crippen LogP contribution in [0.4, 0.5) is 0 Å². The molecule has 1 heterocycles. The molecule has 3 aromatic rings. The van der Waals surface area contributed by atoms with Gasteiger partial charge in [-0.15, -0.1) is 0 Å². The van der Waals surface area contributed by atoms with E-state index in [1.165, 1.54) is 6.92 Å². The smallest absolute Gasteiger partial charge is 0.303 e. The van der Waals surface area contributed by atoms with Crippen molar-refractivity contribution >= 4 is 23.9 Å². The molecule has 12 heteroatoms. The molecular weight excluding hydrogens is 600 g/mol. The number of rotatable bonds is 13. The van der Waals surface area contributed by atoms with Gasteiger partial charge < -0.3 is 37.9 Å². The number of carbonyl (C=O) groups excluding carboxylic acids is 4. The Morgan fingerprint density at radius 2 is 1.15 bits per heavy atom. The van der Waals surface area contributed by atoms with Gasteiger partial charge in [0.25, 0.3) is 0 Å². The van der Waals surface area contributed by atoms with Crippen molar-refractivity contribution in [2.75, 3.05) is 6.61 Å². The topological polar surface area (TPSA) is 142 Å². The summed E-state index contributed by atoms with van der Waals surface area (Å²) >= 11 is 0. The zero-order valence-electron chi connectivity index (χ0n) is 25.9. The van der Waals surface area contributed by atoms with Crippen molar-refractivity contribution in [1.29, 1.82) is 0 Å². The van der Waals surface area contributed by atoms with Crippen LogP contribution in [0.25, 0.3) is 0 Å². The van der Waals surface area contributed by atoms with Crippen LogP contribution in [0.5, 0.6) is 17.2 Å². The SMILES string of the molecule is CC(=O)OC[C@H]1O[C@@H](Oc2ccc(OCc3ccccc3)cc2OCc2ccccc2)[C@H](OC(C)=O)[C@@H](OC(C)=O)[C@@H]1OC(C)=O. The van der Waals surface area contributed by atoms with E-state index in [1.54, 1.807) is 18.2 Å². The van der Waals surface area contributed by atoms with E-state index < -0.39 is 54.6 Å². The third-order valence-electron chi connectivity index (χ3n) is 6.59. The molecule has 0 bridgehead atoms. The van der Waals surface area contributed by atoms with E-state index in [2.05, 4.69) is 0 Å². The van der Waals surface area contributed by atoms with Gasteiger partial charge in [0, 0.05) is 33.8 Å². The van der Waals surface area contributed by atoms with E-state index >= 15 is 0 Å². The average molecular weight is 637 g/mol. The van der Waals surface area contributed by atoms with E-state index in [4.69, 9.17) is 37.9 Å². The van der Waals surface area contributed by atoms with Gasteiger partial charge in [-0.1, -0.05) is 60.7 Å². The fourth-order valence-corrected chi connectivity index (χ4v) is 4.67. The van der Waals surface area contributed by atoms with Crippen LogP contribution in [0.2, 0.25) is 0 Å². The van der Waals surface area contributed by atoms with Gasteiger partial charge in [-0.05, 0) is 23.3 Å². The average Bonchev–Trinajstić information content (AvgIpc) is 3.02. The molecule has 4 rings (SSSR count). The molecule has 1 saturated heterocycles. The largest absolute Gasteiger partial charge is 0.489 e. The van der Waals surface area contributed by atoms with Crippen molar-refractivity contribution in [1.82, 2.24) is 0 Å². The first kappa shape index (κ1) is 33.8. The Hall–Kier alpha value is -5.10. The monoisotopic (exact) mass is 636 g/mol. The summed E-state index contributed by atoms with van der Waals surface area (Å²) in [4.78, 5) is 48.1. The van der Waals surface area contributed by atoms with Gasteiger partial charge in [-0.25, -0.2) is 0 Å². The molecule has 46 heavy (non-hydrogen) atoms. The van der Waals surface area contributed by atoms with E-state index in [-0.39, 0.29) is 24.7 Å². The van der Waals surface area contributed by atoms with Gasteiger partial charge in [0.05, 0.1) is 0 Å². The number of esters is 4. The highest BCUT2D eigenvalue weighted by Crippen LogP contribution is 2.37. The summed E-state index contributed by atoms with van der Waals surface area (Å²) < 4.78 is 46.1. The minimum absolute atomic E-state index is 0.170.